The number of hydrogen-bond acceptors (Lipinski definition) is 5. The summed E-state index contributed by atoms with van der Waals surface area (Å²) in [6.45, 7) is -0.309. The van der Waals surface area contributed by atoms with Gasteiger partial charge in [-0.2, -0.15) is 0 Å². The number of fused-ring (bicyclic) bond motifs is 1. The number of likely N-dealkylation sites (tertiary alicyclic amines) is 1. The first-order valence-electron chi connectivity index (χ1n) is 8.10. The minimum atomic E-state index is -0.656. The second-order valence-electron chi connectivity index (χ2n) is 5.94. The van der Waals surface area contributed by atoms with E-state index in [0.717, 1.165) is 4.90 Å². The number of carbonyl (C=O) groups is 3. The molecule has 2 atom stereocenters. The fraction of sp³-hybridized carbons (Fsp3) is 0.389. The van der Waals surface area contributed by atoms with Gasteiger partial charge in [-0.05, 0) is 37.1 Å². The Morgan fingerprint density at radius 2 is 1.64 bits per heavy atom. The second-order valence-corrected chi connectivity index (χ2v) is 5.94. The van der Waals surface area contributed by atoms with E-state index in [0.29, 0.717) is 18.6 Å². The average Bonchev–Trinajstić information content (AvgIpc) is 2.86. The molecule has 1 aliphatic carbocycles. The fourth-order valence-electron chi connectivity index (χ4n) is 3.05. The molecule has 7 heteroatoms. The van der Waals surface area contributed by atoms with Gasteiger partial charge in [-0.1, -0.05) is 12.2 Å². The van der Waals surface area contributed by atoms with Gasteiger partial charge in [-0.15, -0.1) is 0 Å². The Hall–Kier alpha value is -2.70. The van der Waals surface area contributed by atoms with E-state index < -0.39 is 5.97 Å². The number of nitrogens with zero attached hydrogens (tertiary/aromatic N) is 1. The van der Waals surface area contributed by atoms with Crippen molar-refractivity contribution in [1.82, 2.24) is 4.90 Å². The fourth-order valence-corrected chi connectivity index (χ4v) is 3.05. The number of imide groups is 1. The maximum absolute atomic E-state index is 12.8. The van der Waals surface area contributed by atoms with Crippen LogP contribution in [0.15, 0.2) is 36.4 Å². The Morgan fingerprint density at radius 3 is 2.24 bits per heavy atom. The van der Waals surface area contributed by atoms with Gasteiger partial charge in [0.2, 0.25) is 11.8 Å². The van der Waals surface area contributed by atoms with Crippen LogP contribution < -0.4 is 4.74 Å². The minimum absolute atomic E-state index is 0.0269. The summed E-state index contributed by atoms with van der Waals surface area (Å²) in [7, 11) is 0. The molecule has 0 saturated carbocycles. The lowest BCUT2D eigenvalue weighted by molar-refractivity contribution is -0.153. The summed E-state index contributed by atoms with van der Waals surface area (Å²) in [5.74, 6) is -1.89. The van der Waals surface area contributed by atoms with Gasteiger partial charge >= 0.3 is 5.97 Å². The molecule has 6 nitrogen and oxygen atoms in total. The quantitative estimate of drug-likeness (QED) is 0.339. The van der Waals surface area contributed by atoms with Gasteiger partial charge in [0.05, 0.1) is 11.8 Å². The molecule has 0 N–H and O–H groups in total. The number of halogens is 1. The van der Waals surface area contributed by atoms with E-state index in [1.165, 1.54) is 24.3 Å². The van der Waals surface area contributed by atoms with Crippen LogP contribution in [-0.2, 0) is 19.1 Å². The van der Waals surface area contributed by atoms with Gasteiger partial charge in [0, 0.05) is 0 Å². The average molecular weight is 347 g/mol. The van der Waals surface area contributed by atoms with E-state index in [1.807, 2.05) is 12.2 Å². The van der Waals surface area contributed by atoms with Crippen LogP contribution in [0.1, 0.15) is 12.8 Å². The molecule has 1 saturated heterocycles. The van der Waals surface area contributed by atoms with Crippen LogP contribution in [0, 0.1) is 17.7 Å². The molecule has 1 aliphatic heterocycles. The maximum Gasteiger partial charge on any atom is 0.326 e. The monoisotopic (exact) mass is 347 g/mol. The van der Waals surface area contributed by atoms with E-state index in [9.17, 15) is 18.8 Å². The standard InChI is InChI=1S/C18H18FNO5/c19-12-5-7-13(8-6-12)24-9-10-25-16(21)11-20-17(22)14-3-1-2-4-15(14)18(20)23/h1-2,5-8,14-15H,3-4,9-11H2/t14-,15-/m1/s1. The SMILES string of the molecule is O=C(CN1C(=O)[C@@H]2CC=CC[C@H]2C1=O)OCCOc1ccc(F)cc1. The molecule has 0 spiro atoms. The van der Waals surface area contributed by atoms with Crippen molar-refractivity contribution in [3.05, 3.63) is 42.2 Å². The molecule has 1 fully saturated rings. The molecule has 1 aromatic rings. The van der Waals surface area contributed by atoms with Crippen molar-refractivity contribution in [3.8, 4) is 5.75 Å². The molecule has 3 rings (SSSR count). The first-order chi connectivity index (χ1) is 12.1. The van der Waals surface area contributed by atoms with E-state index in [1.54, 1.807) is 0 Å². The molecule has 0 bridgehead atoms. The van der Waals surface area contributed by atoms with Crippen molar-refractivity contribution in [2.45, 2.75) is 12.8 Å². The molecule has 132 valence electrons. The second kappa shape index (κ2) is 7.46. The number of ether oxygens (including phenoxy) is 2. The lowest BCUT2D eigenvalue weighted by Gasteiger charge is -2.14. The predicted molar refractivity (Wildman–Crippen MR) is 84.9 cm³/mol. The minimum Gasteiger partial charge on any atom is -0.490 e. The lowest BCUT2D eigenvalue weighted by Crippen LogP contribution is -2.37. The summed E-state index contributed by atoms with van der Waals surface area (Å²) in [5, 5.41) is 0. The van der Waals surface area contributed by atoms with Crippen LogP contribution >= 0.6 is 0 Å². The molecule has 1 heterocycles. The number of amides is 2. The molecule has 1 aromatic carbocycles. The maximum atomic E-state index is 12.8. The summed E-state index contributed by atoms with van der Waals surface area (Å²) in [4.78, 5) is 37.3. The number of rotatable bonds is 6. The smallest absolute Gasteiger partial charge is 0.326 e. The molecule has 0 aromatic heterocycles. The summed E-state index contributed by atoms with van der Waals surface area (Å²) in [6, 6.07) is 5.46. The van der Waals surface area contributed by atoms with Gasteiger partial charge in [-0.25, -0.2) is 4.39 Å². The van der Waals surface area contributed by atoms with Gasteiger partial charge in [0.15, 0.2) is 0 Å². The van der Waals surface area contributed by atoms with Crippen molar-refractivity contribution < 1.29 is 28.2 Å². The van der Waals surface area contributed by atoms with Crippen LogP contribution in [0.3, 0.4) is 0 Å². The topological polar surface area (TPSA) is 72.9 Å². The zero-order chi connectivity index (χ0) is 17.8. The highest BCUT2D eigenvalue weighted by molar-refractivity contribution is 6.07. The number of benzene rings is 1. The van der Waals surface area contributed by atoms with E-state index in [2.05, 4.69) is 0 Å². The summed E-state index contributed by atoms with van der Waals surface area (Å²) in [6.07, 6.45) is 4.85. The first-order valence-corrected chi connectivity index (χ1v) is 8.10. The van der Waals surface area contributed by atoms with E-state index in [-0.39, 0.29) is 49.2 Å². The van der Waals surface area contributed by atoms with Crippen molar-refractivity contribution in [1.29, 1.82) is 0 Å². The summed E-state index contributed by atoms with van der Waals surface area (Å²) >= 11 is 0. The number of allylic oxidation sites excluding steroid dienone is 2. The van der Waals surface area contributed by atoms with Crippen LogP contribution in [0.5, 0.6) is 5.75 Å². The molecule has 25 heavy (non-hydrogen) atoms. The highest BCUT2D eigenvalue weighted by atomic mass is 19.1. The molecular formula is C18H18FNO5. The summed E-state index contributed by atoms with van der Waals surface area (Å²) < 4.78 is 23.1. The van der Waals surface area contributed by atoms with Crippen molar-refractivity contribution in [2.75, 3.05) is 19.8 Å². The third-order valence-corrected chi connectivity index (χ3v) is 4.31. The zero-order valence-corrected chi connectivity index (χ0v) is 13.5. The largest absolute Gasteiger partial charge is 0.490 e. The highest BCUT2D eigenvalue weighted by Gasteiger charge is 2.47. The number of esters is 1. The number of carbonyl (C=O) groups excluding carboxylic acids is 3. The predicted octanol–water partition coefficient (Wildman–Crippen LogP) is 1.70. The van der Waals surface area contributed by atoms with Crippen molar-refractivity contribution >= 4 is 17.8 Å². The zero-order valence-electron chi connectivity index (χ0n) is 13.5. The van der Waals surface area contributed by atoms with Crippen LogP contribution in [0.4, 0.5) is 4.39 Å². The van der Waals surface area contributed by atoms with E-state index in [4.69, 9.17) is 9.47 Å². The third kappa shape index (κ3) is 3.87. The highest BCUT2D eigenvalue weighted by Crippen LogP contribution is 2.34. The Kier molecular flexibility index (Phi) is 5.11. The van der Waals surface area contributed by atoms with Crippen LogP contribution in [-0.4, -0.2) is 42.4 Å². The Bertz CT molecular complexity index is 674. The number of hydrogen-bond donors (Lipinski definition) is 0. The molecular weight excluding hydrogens is 329 g/mol. The molecule has 0 radical (unpaired) electrons. The van der Waals surface area contributed by atoms with Gasteiger partial charge < -0.3 is 9.47 Å². The van der Waals surface area contributed by atoms with Gasteiger partial charge in [-0.3, -0.25) is 19.3 Å². The first kappa shape index (κ1) is 17.1. The van der Waals surface area contributed by atoms with Crippen molar-refractivity contribution in [3.63, 3.8) is 0 Å². The Labute approximate surface area is 144 Å². The van der Waals surface area contributed by atoms with Crippen LogP contribution in [0.2, 0.25) is 0 Å². The van der Waals surface area contributed by atoms with Crippen molar-refractivity contribution in [2.24, 2.45) is 11.8 Å². The summed E-state index contributed by atoms with van der Waals surface area (Å²) in [5.41, 5.74) is 0. The molecule has 2 amide bonds. The lowest BCUT2D eigenvalue weighted by atomic mass is 9.85. The Morgan fingerprint density at radius 1 is 1.04 bits per heavy atom. The van der Waals surface area contributed by atoms with Crippen LogP contribution in [0.25, 0.3) is 0 Å². The van der Waals surface area contributed by atoms with Gasteiger partial charge in [0.25, 0.3) is 0 Å². The Balaban J connectivity index is 1.42. The third-order valence-electron chi connectivity index (χ3n) is 4.31. The van der Waals surface area contributed by atoms with Gasteiger partial charge in [0.1, 0.15) is 31.3 Å². The van der Waals surface area contributed by atoms with E-state index >= 15 is 0 Å². The molecule has 2 aliphatic rings. The molecule has 0 unspecified atom stereocenters. The normalized spacial score (nSPS) is 22.0.